The first-order chi connectivity index (χ1) is 25.7. The van der Waals surface area contributed by atoms with Gasteiger partial charge in [0, 0.05) is 6.42 Å². The molecule has 2 aromatic rings. The van der Waals surface area contributed by atoms with E-state index in [1.54, 1.807) is 12.3 Å². The second kappa shape index (κ2) is 15.9. The molecule has 4 aliphatic rings. The first-order valence-electron chi connectivity index (χ1n) is 18.8. The van der Waals surface area contributed by atoms with E-state index in [-0.39, 0.29) is 31.4 Å². The molecule has 0 aromatic heterocycles. The maximum absolute atomic E-state index is 14.5. The summed E-state index contributed by atoms with van der Waals surface area (Å²) in [5, 5.41) is 9.21. The highest BCUT2D eigenvalue weighted by molar-refractivity contribution is 7.91. The van der Waals surface area contributed by atoms with Crippen LogP contribution >= 0.6 is 0 Å². The minimum Gasteiger partial charge on any atom is -0.446 e. The lowest BCUT2D eigenvalue weighted by Gasteiger charge is -2.35. The van der Waals surface area contributed by atoms with E-state index < -0.39 is 68.2 Å². The van der Waals surface area contributed by atoms with Gasteiger partial charge in [-0.3, -0.25) is 19.1 Å². The molecule has 14 heteroatoms. The number of carbonyl (C=O) groups excluding carboxylic acids is 4. The summed E-state index contributed by atoms with van der Waals surface area (Å²) < 4.78 is 33.3. The summed E-state index contributed by atoms with van der Waals surface area (Å²) in [6.45, 7) is 9.15. The Morgan fingerprint density at radius 3 is 2.37 bits per heavy atom. The molecular formula is C40H51N5O8S. The maximum atomic E-state index is 14.5. The van der Waals surface area contributed by atoms with Gasteiger partial charge in [-0.15, -0.1) is 6.58 Å². The summed E-state index contributed by atoms with van der Waals surface area (Å²) in [7, 11) is -3.88. The fourth-order valence-electron chi connectivity index (χ4n) is 7.38. The second-order valence-corrected chi connectivity index (χ2v) is 18.0. The fourth-order valence-corrected chi connectivity index (χ4v) is 8.75. The van der Waals surface area contributed by atoms with Crippen molar-refractivity contribution >= 4 is 40.1 Å². The Hall–Kier alpha value is -4.72. The number of rotatable bonds is 14. The predicted molar refractivity (Wildman–Crippen MR) is 203 cm³/mol. The Balaban J connectivity index is 1.22. The minimum atomic E-state index is -3.88. The summed E-state index contributed by atoms with van der Waals surface area (Å²) >= 11 is 0. The molecule has 3 aliphatic carbocycles. The largest absolute Gasteiger partial charge is 0.446 e. The van der Waals surface area contributed by atoms with E-state index in [0.29, 0.717) is 19.3 Å². The van der Waals surface area contributed by atoms with Gasteiger partial charge in [0.15, 0.2) is 0 Å². The number of benzene rings is 2. The number of hydrogen-bond donors (Lipinski definition) is 3. The average Bonchev–Trinajstić information content (AvgIpc) is 4.00. The van der Waals surface area contributed by atoms with Crippen LogP contribution < -0.4 is 15.4 Å². The summed E-state index contributed by atoms with van der Waals surface area (Å²) in [5.41, 5.74) is 0.557. The number of allylic oxidation sites excluding steroid dienone is 1. The van der Waals surface area contributed by atoms with Crippen molar-refractivity contribution in [2.75, 3.05) is 6.54 Å². The lowest BCUT2D eigenvalue weighted by atomic mass is 9.85. The van der Waals surface area contributed by atoms with Gasteiger partial charge in [-0.25, -0.2) is 13.2 Å². The van der Waals surface area contributed by atoms with Crippen LogP contribution in [0.15, 0.2) is 72.4 Å². The van der Waals surface area contributed by atoms with Crippen LogP contribution in [0.5, 0.6) is 0 Å². The number of likely N-dealkylation sites (tertiary alicyclic amines) is 1. The number of nitrogens with one attached hydrogen (secondary N) is 3. The van der Waals surface area contributed by atoms with Gasteiger partial charge >= 0.3 is 6.09 Å². The molecule has 2 aromatic carbocycles. The predicted octanol–water partition coefficient (Wildman–Crippen LogP) is 4.82. The number of ether oxygens (including phenoxy) is 1. The van der Waals surface area contributed by atoms with E-state index in [0.717, 1.165) is 42.4 Å². The number of alkyl carbamates (subject to hydrolysis) is 1. The maximum Gasteiger partial charge on any atom is 0.408 e. The summed E-state index contributed by atoms with van der Waals surface area (Å²) in [6, 6.07) is 15.5. The lowest BCUT2D eigenvalue weighted by Crippen LogP contribution is -2.60. The number of carbonyl (C=O) groups is 4. The smallest absolute Gasteiger partial charge is 0.408 e. The molecule has 3 N–H and O–H groups in total. The van der Waals surface area contributed by atoms with Crippen LogP contribution in [-0.4, -0.2) is 85.0 Å². The number of sulfonamides is 1. The van der Waals surface area contributed by atoms with Gasteiger partial charge < -0.3 is 25.1 Å². The molecule has 13 nitrogen and oxygen atoms in total. The summed E-state index contributed by atoms with van der Waals surface area (Å²) in [5.74, 6) is -2.34. The minimum absolute atomic E-state index is 0.0322. The van der Waals surface area contributed by atoms with E-state index in [1.807, 2.05) is 75.4 Å². The summed E-state index contributed by atoms with van der Waals surface area (Å²) in [4.78, 5) is 62.6. The van der Waals surface area contributed by atoms with E-state index >= 15 is 0 Å². The molecule has 1 heterocycles. The van der Waals surface area contributed by atoms with Crippen molar-refractivity contribution in [3.63, 3.8) is 0 Å². The third-order valence-corrected chi connectivity index (χ3v) is 12.5. The first kappa shape index (κ1) is 39.0. The van der Waals surface area contributed by atoms with Crippen molar-refractivity contribution in [3.8, 4) is 11.1 Å². The Morgan fingerprint density at radius 2 is 1.70 bits per heavy atom. The molecule has 0 unspecified atom stereocenters. The van der Waals surface area contributed by atoms with Crippen molar-refractivity contribution in [2.45, 2.75) is 114 Å². The lowest BCUT2D eigenvalue weighted by molar-refractivity contribution is -0.143. The molecule has 54 heavy (non-hydrogen) atoms. The highest BCUT2D eigenvalue weighted by Gasteiger charge is 2.62. The first-order valence-corrected chi connectivity index (χ1v) is 20.4. The van der Waals surface area contributed by atoms with E-state index in [9.17, 15) is 27.6 Å². The average molecular weight is 762 g/mol. The molecule has 0 bridgehead atoms. The molecule has 3 saturated carbocycles. The zero-order valence-corrected chi connectivity index (χ0v) is 32.0. The molecule has 290 valence electrons. The SMILES string of the molecule is C=CC[C@@H]1C[C@]1(NC(=O)[C@@H]1C[C@@H](O/N=C/c2cccc(-c3ccccc3)c2)CN1C(=O)[C@@H](NC(=O)OC1CCCC1)C(C)(C)C)C(=O)NS(=O)(=O)C1CC1. The van der Waals surface area contributed by atoms with Gasteiger partial charge in [-0.05, 0) is 85.5 Å². The zero-order valence-electron chi connectivity index (χ0n) is 31.2. The highest BCUT2D eigenvalue weighted by Crippen LogP contribution is 2.47. The van der Waals surface area contributed by atoms with Crippen LogP contribution in [0.2, 0.25) is 0 Å². The van der Waals surface area contributed by atoms with Crippen molar-refractivity contribution in [1.82, 2.24) is 20.3 Å². The number of amides is 4. The molecule has 0 radical (unpaired) electrons. The van der Waals surface area contributed by atoms with E-state index in [2.05, 4.69) is 27.1 Å². The number of oxime groups is 1. The summed E-state index contributed by atoms with van der Waals surface area (Å²) in [6.07, 6.45) is 6.55. The Kier molecular flexibility index (Phi) is 11.5. The van der Waals surface area contributed by atoms with Crippen LogP contribution in [0.25, 0.3) is 11.1 Å². The third-order valence-electron chi connectivity index (χ3n) is 10.7. The van der Waals surface area contributed by atoms with Gasteiger partial charge in [0.25, 0.3) is 5.91 Å². The second-order valence-electron chi connectivity index (χ2n) is 16.0. The fraction of sp³-hybridized carbons (Fsp3) is 0.525. The van der Waals surface area contributed by atoms with Gasteiger partial charge in [0.2, 0.25) is 21.8 Å². The topological polar surface area (TPSA) is 173 Å². The van der Waals surface area contributed by atoms with Crippen LogP contribution in [-0.2, 0) is 34.0 Å². The van der Waals surface area contributed by atoms with Crippen LogP contribution in [0, 0.1) is 11.3 Å². The van der Waals surface area contributed by atoms with Crippen molar-refractivity contribution in [3.05, 3.63) is 72.8 Å². The molecule has 4 fully saturated rings. The van der Waals surface area contributed by atoms with Crippen molar-refractivity contribution in [2.24, 2.45) is 16.5 Å². The van der Waals surface area contributed by atoms with Gasteiger partial charge in [0.05, 0.1) is 18.0 Å². The molecular weight excluding hydrogens is 711 g/mol. The Morgan fingerprint density at radius 1 is 1.00 bits per heavy atom. The van der Waals surface area contributed by atoms with E-state index in [4.69, 9.17) is 9.57 Å². The van der Waals surface area contributed by atoms with Crippen LogP contribution in [0.4, 0.5) is 4.79 Å². The Labute approximate surface area is 317 Å². The molecule has 6 rings (SSSR count). The van der Waals surface area contributed by atoms with Crippen molar-refractivity contribution in [1.29, 1.82) is 0 Å². The standard InChI is InChI=1S/C40H51N5O8S/c1-5-12-29-23-40(29,37(48)44-54(50,51)32-19-20-32)43-35(46)33-22-31(53-41-24-26-13-11-16-28(21-26)27-14-7-6-8-15-27)25-45(33)36(47)34(39(2,3)4)42-38(49)52-30-17-9-10-18-30/h5-8,11,13-16,21,24,29-34H,1,9-10,12,17-20,22-23,25H2,2-4H3,(H,42,49)(H,43,46)(H,44,48)/b41-24+/t29-,31-,33+,34-,40-/m1/s1. The number of hydrogen-bond acceptors (Lipinski definition) is 9. The Bertz CT molecular complexity index is 1870. The molecule has 0 spiro atoms. The van der Waals surface area contributed by atoms with Crippen molar-refractivity contribution < 1.29 is 37.2 Å². The molecule has 5 atom stereocenters. The zero-order chi connectivity index (χ0) is 38.7. The van der Waals surface area contributed by atoms with Gasteiger partial charge in [-0.2, -0.15) is 0 Å². The van der Waals surface area contributed by atoms with E-state index in [1.165, 1.54) is 4.90 Å². The monoisotopic (exact) mass is 761 g/mol. The quantitative estimate of drug-likeness (QED) is 0.140. The van der Waals surface area contributed by atoms with Gasteiger partial charge in [-0.1, -0.05) is 80.5 Å². The third kappa shape index (κ3) is 9.14. The number of nitrogens with zero attached hydrogens (tertiary/aromatic N) is 2. The molecule has 1 aliphatic heterocycles. The molecule has 4 amide bonds. The van der Waals surface area contributed by atoms with Gasteiger partial charge in [0.1, 0.15) is 29.8 Å². The van der Waals surface area contributed by atoms with Crippen LogP contribution in [0.3, 0.4) is 0 Å². The molecule has 1 saturated heterocycles. The highest BCUT2D eigenvalue weighted by atomic mass is 32.2. The van der Waals surface area contributed by atoms with Crippen LogP contribution in [0.1, 0.15) is 84.1 Å². The normalized spacial score (nSPS) is 24.8.